The minimum Gasteiger partial charge on any atom is -0.345 e. The van der Waals surface area contributed by atoms with Gasteiger partial charge in [0.1, 0.15) is 0 Å². The summed E-state index contributed by atoms with van der Waals surface area (Å²) in [5, 5.41) is 3.04. The summed E-state index contributed by atoms with van der Waals surface area (Å²) in [4.78, 5) is 26.3. The molecule has 0 aromatic carbocycles. The summed E-state index contributed by atoms with van der Waals surface area (Å²) in [5.41, 5.74) is 0. The molecule has 2 amide bonds. The van der Waals surface area contributed by atoms with Crippen LogP contribution < -0.4 is 5.32 Å². The van der Waals surface area contributed by atoms with Crippen molar-refractivity contribution in [2.75, 3.05) is 13.1 Å². The largest absolute Gasteiger partial charge is 0.345 e. The quantitative estimate of drug-likeness (QED) is 0.747. The van der Waals surface area contributed by atoms with Gasteiger partial charge in [-0.3, -0.25) is 9.59 Å². The number of carbonyl (C=O) groups is 2. The van der Waals surface area contributed by atoms with Crippen molar-refractivity contribution in [3.8, 4) is 0 Å². The van der Waals surface area contributed by atoms with Crippen molar-refractivity contribution in [3.05, 3.63) is 0 Å². The van der Waals surface area contributed by atoms with Crippen molar-refractivity contribution in [1.82, 2.24) is 10.2 Å². The first kappa shape index (κ1) is 18.3. The van der Waals surface area contributed by atoms with Gasteiger partial charge in [0.15, 0.2) is 0 Å². The maximum Gasteiger partial charge on any atom is 0.311 e. The second-order valence-electron chi connectivity index (χ2n) is 7.28. The van der Waals surface area contributed by atoms with Gasteiger partial charge in [-0.15, -0.1) is 0 Å². The van der Waals surface area contributed by atoms with Gasteiger partial charge in [0.05, 0.1) is 0 Å². The molecule has 2 rings (SSSR count). The second-order valence-corrected chi connectivity index (χ2v) is 7.28. The van der Waals surface area contributed by atoms with Crippen LogP contribution in [0.4, 0.5) is 0 Å². The van der Waals surface area contributed by atoms with Crippen LogP contribution in [0, 0.1) is 0 Å². The molecular weight excluding hydrogens is 288 g/mol. The second kappa shape index (κ2) is 10.7. The first-order valence-electron chi connectivity index (χ1n) is 9.87. The molecule has 1 N–H and O–H groups in total. The van der Waals surface area contributed by atoms with E-state index in [1.165, 1.54) is 64.2 Å². The van der Waals surface area contributed by atoms with Gasteiger partial charge in [-0.2, -0.15) is 0 Å². The molecule has 4 heteroatoms. The molecule has 4 nitrogen and oxygen atoms in total. The Balaban J connectivity index is 1.78. The topological polar surface area (TPSA) is 49.4 Å². The zero-order chi connectivity index (χ0) is 16.3. The van der Waals surface area contributed by atoms with Crippen molar-refractivity contribution in [2.45, 2.75) is 95.9 Å². The third-order valence-corrected chi connectivity index (χ3v) is 5.28. The molecular formula is C19H34N2O2. The number of nitrogens with zero attached hydrogens (tertiary/aromatic N) is 1. The molecule has 0 aromatic rings. The summed E-state index contributed by atoms with van der Waals surface area (Å²) >= 11 is 0. The zero-order valence-electron chi connectivity index (χ0n) is 14.7. The molecule has 132 valence electrons. The van der Waals surface area contributed by atoms with Crippen LogP contribution in [-0.2, 0) is 9.59 Å². The highest BCUT2D eigenvalue weighted by atomic mass is 16.2. The van der Waals surface area contributed by atoms with E-state index in [0.29, 0.717) is 0 Å². The number of amides is 2. The van der Waals surface area contributed by atoms with Gasteiger partial charge in [0.2, 0.25) is 0 Å². The fourth-order valence-electron chi connectivity index (χ4n) is 3.80. The minimum absolute atomic E-state index is 0.190. The van der Waals surface area contributed by atoms with Gasteiger partial charge < -0.3 is 10.2 Å². The Kier molecular flexibility index (Phi) is 8.48. The lowest BCUT2D eigenvalue weighted by Gasteiger charge is -2.27. The number of piperidine rings is 1. The van der Waals surface area contributed by atoms with E-state index in [-0.39, 0.29) is 17.9 Å². The summed E-state index contributed by atoms with van der Waals surface area (Å²) in [5.74, 6) is -0.681. The molecule has 1 aliphatic carbocycles. The molecule has 0 aromatic heterocycles. The monoisotopic (exact) mass is 322 g/mol. The average Bonchev–Trinajstić information content (AvgIpc) is 2.57. The molecule has 1 aliphatic heterocycles. The predicted octanol–water partition coefficient (Wildman–Crippen LogP) is 3.79. The fraction of sp³-hybridized carbons (Fsp3) is 0.895. The Morgan fingerprint density at radius 2 is 1.09 bits per heavy atom. The molecule has 1 saturated carbocycles. The van der Waals surface area contributed by atoms with Crippen LogP contribution in [0.15, 0.2) is 0 Å². The average molecular weight is 322 g/mol. The van der Waals surface area contributed by atoms with E-state index in [0.717, 1.165) is 38.8 Å². The number of hydrogen-bond donors (Lipinski definition) is 1. The highest BCUT2D eigenvalue weighted by Gasteiger charge is 2.25. The highest BCUT2D eigenvalue weighted by molar-refractivity contribution is 6.35. The Hall–Kier alpha value is -1.06. The van der Waals surface area contributed by atoms with E-state index in [2.05, 4.69) is 5.32 Å². The maximum atomic E-state index is 12.3. The van der Waals surface area contributed by atoms with Crippen molar-refractivity contribution >= 4 is 11.8 Å². The molecule has 1 heterocycles. The lowest BCUT2D eigenvalue weighted by Crippen LogP contribution is -2.48. The maximum absolute atomic E-state index is 12.3. The lowest BCUT2D eigenvalue weighted by molar-refractivity contribution is -0.146. The fourth-order valence-corrected chi connectivity index (χ4v) is 3.80. The Bertz CT molecular complexity index is 352. The van der Waals surface area contributed by atoms with Gasteiger partial charge in [0, 0.05) is 19.1 Å². The molecule has 0 radical (unpaired) electrons. The molecule has 0 spiro atoms. The summed E-state index contributed by atoms with van der Waals surface area (Å²) in [6.07, 6.45) is 16.8. The van der Waals surface area contributed by atoms with Crippen molar-refractivity contribution < 1.29 is 9.59 Å². The predicted molar refractivity (Wildman–Crippen MR) is 93.1 cm³/mol. The Morgan fingerprint density at radius 1 is 0.652 bits per heavy atom. The molecule has 2 fully saturated rings. The van der Waals surface area contributed by atoms with Gasteiger partial charge in [-0.05, 0) is 32.1 Å². The lowest BCUT2D eigenvalue weighted by atomic mass is 9.98. The molecule has 23 heavy (non-hydrogen) atoms. The smallest absolute Gasteiger partial charge is 0.311 e. The SMILES string of the molecule is O=C(NC1CCCCCCCCCCC1)C(=O)N1CCCCC1. The third-order valence-electron chi connectivity index (χ3n) is 5.28. The van der Waals surface area contributed by atoms with Crippen LogP contribution in [-0.4, -0.2) is 35.8 Å². The van der Waals surface area contributed by atoms with E-state index in [9.17, 15) is 9.59 Å². The zero-order valence-corrected chi connectivity index (χ0v) is 14.7. The summed E-state index contributed by atoms with van der Waals surface area (Å²) < 4.78 is 0. The van der Waals surface area contributed by atoms with E-state index in [1.54, 1.807) is 4.90 Å². The molecule has 0 unspecified atom stereocenters. The van der Waals surface area contributed by atoms with E-state index < -0.39 is 0 Å². The molecule has 0 bridgehead atoms. The third kappa shape index (κ3) is 6.92. The highest BCUT2D eigenvalue weighted by Crippen LogP contribution is 2.17. The minimum atomic E-state index is -0.371. The van der Waals surface area contributed by atoms with Crippen molar-refractivity contribution in [2.24, 2.45) is 0 Å². The van der Waals surface area contributed by atoms with E-state index in [1.807, 2.05) is 0 Å². The van der Waals surface area contributed by atoms with E-state index >= 15 is 0 Å². The summed E-state index contributed by atoms with van der Waals surface area (Å²) in [6.45, 7) is 1.49. The van der Waals surface area contributed by atoms with Crippen LogP contribution in [0.2, 0.25) is 0 Å². The normalized spacial score (nSPS) is 22.7. The van der Waals surface area contributed by atoms with Crippen LogP contribution in [0.1, 0.15) is 89.9 Å². The van der Waals surface area contributed by atoms with Crippen LogP contribution in [0.3, 0.4) is 0 Å². The summed E-state index contributed by atoms with van der Waals surface area (Å²) in [6, 6.07) is 0.190. The van der Waals surface area contributed by atoms with Gasteiger partial charge >= 0.3 is 11.8 Å². The van der Waals surface area contributed by atoms with Crippen LogP contribution in [0.5, 0.6) is 0 Å². The number of rotatable bonds is 1. The summed E-state index contributed by atoms with van der Waals surface area (Å²) in [7, 11) is 0. The van der Waals surface area contributed by atoms with Gasteiger partial charge in [-0.25, -0.2) is 0 Å². The Labute approximate surface area is 141 Å². The van der Waals surface area contributed by atoms with Crippen LogP contribution >= 0.6 is 0 Å². The van der Waals surface area contributed by atoms with Crippen molar-refractivity contribution in [1.29, 1.82) is 0 Å². The number of likely N-dealkylation sites (tertiary alicyclic amines) is 1. The number of nitrogens with one attached hydrogen (secondary N) is 1. The number of carbonyl (C=O) groups excluding carboxylic acids is 2. The van der Waals surface area contributed by atoms with E-state index in [4.69, 9.17) is 0 Å². The standard InChI is InChI=1S/C19H34N2O2/c22-18(19(23)21-15-11-8-12-16-21)20-17-13-9-6-4-2-1-3-5-7-10-14-17/h17H,1-16H2,(H,20,22). The van der Waals surface area contributed by atoms with Gasteiger partial charge in [0.25, 0.3) is 0 Å². The molecule has 0 atom stereocenters. The number of hydrogen-bond acceptors (Lipinski definition) is 2. The first-order chi connectivity index (χ1) is 11.3. The first-order valence-corrected chi connectivity index (χ1v) is 9.87. The molecule has 2 aliphatic rings. The van der Waals surface area contributed by atoms with Crippen LogP contribution in [0.25, 0.3) is 0 Å². The van der Waals surface area contributed by atoms with Gasteiger partial charge in [-0.1, -0.05) is 57.8 Å². The van der Waals surface area contributed by atoms with Crippen molar-refractivity contribution in [3.63, 3.8) is 0 Å². The molecule has 1 saturated heterocycles. The Morgan fingerprint density at radius 3 is 1.61 bits per heavy atom.